The van der Waals surface area contributed by atoms with Crippen LogP contribution in [0.4, 0.5) is 14.5 Å². The van der Waals surface area contributed by atoms with Crippen LogP contribution in [0.1, 0.15) is 9.88 Å². The lowest BCUT2D eigenvalue weighted by atomic mass is 10.3. The molecule has 0 radical (unpaired) electrons. The van der Waals surface area contributed by atoms with Crippen LogP contribution >= 0.6 is 27.3 Å². The summed E-state index contributed by atoms with van der Waals surface area (Å²) in [5.74, 6) is -0.978. The number of anilines is 1. The molecule has 1 N–H and O–H groups in total. The Kier molecular flexibility index (Phi) is 3.73. The molecule has 1 heterocycles. The molecule has 1 aromatic carbocycles. The number of benzene rings is 1. The van der Waals surface area contributed by atoms with Gasteiger partial charge in [-0.2, -0.15) is 0 Å². The summed E-state index contributed by atoms with van der Waals surface area (Å²) in [4.78, 5) is 5.06. The van der Waals surface area contributed by atoms with Crippen LogP contribution in [0, 0.1) is 18.6 Å². The van der Waals surface area contributed by atoms with E-state index < -0.39 is 11.6 Å². The van der Waals surface area contributed by atoms with E-state index >= 15 is 0 Å². The standard InChI is InChI=1S/C11H9BrF2N2S/c1-6-15-4-7(17-6)5-16-11-3-9(13)8(12)2-10(11)14/h2-4,16H,5H2,1H3. The second-order valence-corrected chi connectivity index (χ2v) is 5.62. The molecular formula is C11H9BrF2N2S. The lowest BCUT2D eigenvalue weighted by molar-refractivity contribution is 0.596. The number of nitrogens with one attached hydrogen (secondary N) is 1. The highest BCUT2D eigenvalue weighted by Gasteiger charge is 2.08. The first-order valence-electron chi connectivity index (χ1n) is 4.86. The molecule has 0 atom stereocenters. The molecule has 2 nitrogen and oxygen atoms in total. The average molecular weight is 319 g/mol. The molecule has 17 heavy (non-hydrogen) atoms. The Morgan fingerprint density at radius 3 is 2.76 bits per heavy atom. The van der Waals surface area contributed by atoms with E-state index in [0.29, 0.717) is 6.54 Å². The van der Waals surface area contributed by atoms with E-state index in [1.54, 1.807) is 6.20 Å². The fraction of sp³-hybridized carbons (Fsp3) is 0.182. The molecule has 90 valence electrons. The van der Waals surface area contributed by atoms with Crippen LogP contribution < -0.4 is 5.32 Å². The van der Waals surface area contributed by atoms with Crippen LogP contribution in [0.5, 0.6) is 0 Å². The van der Waals surface area contributed by atoms with Gasteiger partial charge in [-0.15, -0.1) is 11.3 Å². The second kappa shape index (κ2) is 5.10. The maximum absolute atomic E-state index is 13.5. The van der Waals surface area contributed by atoms with Gasteiger partial charge in [-0.05, 0) is 28.9 Å². The minimum absolute atomic E-state index is 0.120. The molecule has 0 aliphatic heterocycles. The first-order chi connectivity index (χ1) is 8.06. The summed E-state index contributed by atoms with van der Waals surface area (Å²) in [6.45, 7) is 2.33. The molecule has 2 rings (SSSR count). The minimum Gasteiger partial charge on any atom is -0.378 e. The summed E-state index contributed by atoms with van der Waals surface area (Å²) in [7, 11) is 0. The highest BCUT2D eigenvalue weighted by Crippen LogP contribution is 2.24. The lowest BCUT2D eigenvalue weighted by Gasteiger charge is -2.07. The molecule has 0 aliphatic carbocycles. The van der Waals surface area contributed by atoms with Gasteiger partial charge in [0.05, 0.1) is 21.7 Å². The summed E-state index contributed by atoms with van der Waals surface area (Å²) in [6.07, 6.45) is 1.72. The van der Waals surface area contributed by atoms with Gasteiger partial charge in [-0.1, -0.05) is 0 Å². The number of hydrogen-bond acceptors (Lipinski definition) is 3. The van der Waals surface area contributed by atoms with E-state index in [0.717, 1.165) is 22.0 Å². The van der Waals surface area contributed by atoms with Crippen molar-refractivity contribution in [3.05, 3.63) is 44.3 Å². The molecule has 0 spiro atoms. The molecule has 0 aliphatic rings. The zero-order valence-corrected chi connectivity index (χ0v) is 11.3. The monoisotopic (exact) mass is 318 g/mol. The van der Waals surface area contributed by atoms with Crippen molar-refractivity contribution in [3.8, 4) is 0 Å². The maximum atomic E-state index is 13.5. The average Bonchev–Trinajstić information content (AvgIpc) is 2.68. The van der Waals surface area contributed by atoms with Crippen LogP contribution in [0.2, 0.25) is 0 Å². The Morgan fingerprint density at radius 1 is 1.35 bits per heavy atom. The van der Waals surface area contributed by atoms with Crippen molar-refractivity contribution in [1.29, 1.82) is 0 Å². The van der Waals surface area contributed by atoms with Crippen LogP contribution in [0.15, 0.2) is 22.8 Å². The van der Waals surface area contributed by atoms with Crippen LogP contribution in [0.25, 0.3) is 0 Å². The zero-order chi connectivity index (χ0) is 12.4. The molecule has 0 amide bonds. The molecule has 0 saturated heterocycles. The summed E-state index contributed by atoms with van der Waals surface area (Å²) in [5.41, 5.74) is 0.150. The van der Waals surface area contributed by atoms with E-state index in [-0.39, 0.29) is 10.2 Å². The van der Waals surface area contributed by atoms with Gasteiger partial charge in [-0.25, -0.2) is 13.8 Å². The fourth-order valence-corrected chi connectivity index (χ4v) is 2.38. The third-order valence-electron chi connectivity index (χ3n) is 2.13. The molecule has 0 saturated carbocycles. The Labute approximate surface area is 110 Å². The molecule has 1 aromatic heterocycles. The third kappa shape index (κ3) is 3.01. The van der Waals surface area contributed by atoms with Crippen molar-refractivity contribution in [3.63, 3.8) is 0 Å². The smallest absolute Gasteiger partial charge is 0.147 e. The van der Waals surface area contributed by atoms with Gasteiger partial charge in [0.1, 0.15) is 11.6 Å². The van der Waals surface area contributed by atoms with Crippen molar-refractivity contribution in [2.45, 2.75) is 13.5 Å². The summed E-state index contributed by atoms with van der Waals surface area (Å²) in [5, 5.41) is 3.79. The van der Waals surface area contributed by atoms with E-state index in [4.69, 9.17) is 0 Å². The molecule has 6 heteroatoms. The first kappa shape index (κ1) is 12.4. The largest absolute Gasteiger partial charge is 0.378 e. The molecular weight excluding hydrogens is 310 g/mol. The Balaban J connectivity index is 2.11. The van der Waals surface area contributed by atoms with Gasteiger partial charge in [0.15, 0.2) is 0 Å². The summed E-state index contributed by atoms with van der Waals surface area (Å²) in [6, 6.07) is 2.24. The zero-order valence-electron chi connectivity index (χ0n) is 8.93. The number of nitrogens with zero attached hydrogens (tertiary/aromatic N) is 1. The number of rotatable bonds is 3. The minimum atomic E-state index is -0.491. The quantitative estimate of drug-likeness (QED) is 0.862. The highest BCUT2D eigenvalue weighted by molar-refractivity contribution is 9.10. The number of aromatic nitrogens is 1. The molecule has 2 aromatic rings. The molecule has 0 unspecified atom stereocenters. The van der Waals surface area contributed by atoms with Crippen LogP contribution in [-0.2, 0) is 6.54 Å². The van der Waals surface area contributed by atoms with E-state index in [1.165, 1.54) is 11.3 Å². The van der Waals surface area contributed by atoms with E-state index in [9.17, 15) is 8.78 Å². The van der Waals surface area contributed by atoms with Crippen molar-refractivity contribution in [2.75, 3.05) is 5.32 Å². The number of hydrogen-bond donors (Lipinski definition) is 1. The van der Waals surface area contributed by atoms with Crippen molar-refractivity contribution in [1.82, 2.24) is 4.98 Å². The van der Waals surface area contributed by atoms with Gasteiger partial charge >= 0.3 is 0 Å². The Morgan fingerprint density at radius 2 is 2.12 bits per heavy atom. The van der Waals surface area contributed by atoms with Gasteiger partial charge in [-0.3, -0.25) is 0 Å². The summed E-state index contributed by atoms with van der Waals surface area (Å²) < 4.78 is 26.8. The van der Waals surface area contributed by atoms with Gasteiger partial charge in [0.25, 0.3) is 0 Å². The van der Waals surface area contributed by atoms with Gasteiger partial charge in [0, 0.05) is 17.1 Å². The van der Waals surface area contributed by atoms with Gasteiger partial charge in [0.2, 0.25) is 0 Å². The van der Waals surface area contributed by atoms with Crippen LogP contribution in [-0.4, -0.2) is 4.98 Å². The maximum Gasteiger partial charge on any atom is 0.147 e. The Bertz CT molecular complexity index is 542. The number of halogens is 3. The molecule has 0 bridgehead atoms. The van der Waals surface area contributed by atoms with E-state index in [2.05, 4.69) is 26.2 Å². The van der Waals surface area contributed by atoms with Gasteiger partial charge < -0.3 is 5.32 Å². The van der Waals surface area contributed by atoms with Crippen LogP contribution in [0.3, 0.4) is 0 Å². The topological polar surface area (TPSA) is 24.9 Å². The third-order valence-corrected chi connectivity index (χ3v) is 3.65. The SMILES string of the molecule is Cc1ncc(CNc2cc(F)c(Br)cc2F)s1. The molecule has 0 fully saturated rings. The van der Waals surface area contributed by atoms with Crippen molar-refractivity contribution >= 4 is 33.0 Å². The first-order valence-corrected chi connectivity index (χ1v) is 6.47. The highest BCUT2D eigenvalue weighted by atomic mass is 79.9. The Hall–Kier alpha value is -1.01. The predicted octanol–water partition coefficient (Wildman–Crippen LogP) is 4.10. The lowest BCUT2D eigenvalue weighted by Crippen LogP contribution is -2.00. The normalized spacial score (nSPS) is 10.6. The van der Waals surface area contributed by atoms with Crippen molar-refractivity contribution in [2.24, 2.45) is 0 Å². The fourth-order valence-electron chi connectivity index (χ4n) is 1.33. The second-order valence-electron chi connectivity index (χ2n) is 3.45. The predicted molar refractivity (Wildman–Crippen MR) is 68.2 cm³/mol. The summed E-state index contributed by atoms with van der Waals surface area (Å²) >= 11 is 4.45. The number of thiazole rings is 1. The number of aryl methyl sites for hydroxylation is 1. The van der Waals surface area contributed by atoms with Crippen molar-refractivity contribution < 1.29 is 8.78 Å². The van der Waals surface area contributed by atoms with E-state index in [1.807, 2.05) is 6.92 Å².